The zero-order valence-electron chi connectivity index (χ0n) is 14.8. The van der Waals surface area contributed by atoms with Crippen molar-refractivity contribution in [3.63, 3.8) is 0 Å². The number of rotatable bonds is 3. The Bertz CT molecular complexity index is 1300. The normalized spacial score (nSPS) is 12.9. The second kappa shape index (κ2) is 6.08. The van der Waals surface area contributed by atoms with E-state index in [-0.39, 0.29) is 4.90 Å². The molecule has 2 aromatic carbocycles. The topological polar surface area (TPSA) is 68.9 Å². The van der Waals surface area contributed by atoms with E-state index in [2.05, 4.69) is 9.82 Å². The summed E-state index contributed by atoms with van der Waals surface area (Å²) in [5.41, 5.74) is 0.924. The minimum atomic E-state index is -4.42. The predicted octanol–water partition coefficient (Wildman–Crippen LogP) is 3.44. The Balaban J connectivity index is 2.00. The first kappa shape index (κ1) is 18.5. The maximum atomic E-state index is 12.9. The standard InChI is InChI=1S/C18H15F3N4O2S/c1-22-28(26,27)13-7-8-16-14(9-13)15-10-24(2)23-17(15)25(16)12-5-3-11(4-6-12)18(19,20)21/h3-10,22H,1-2H3. The molecule has 0 bridgehead atoms. The first-order valence-corrected chi connectivity index (χ1v) is 9.69. The number of fused-ring (bicyclic) bond motifs is 3. The fourth-order valence-electron chi connectivity index (χ4n) is 3.22. The molecule has 0 unspecified atom stereocenters. The Morgan fingerprint density at radius 1 is 1.04 bits per heavy atom. The summed E-state index contributed by atoms with van der Waals surface area (Å²) >= 11 is 0. The molecule has 0 fully saturated rings. The quantitative estimate of drug-likeness (QED) is 0.565. The SMILES string of the molecule is CNS(=O)(=O)c1ccc2c(c1)c1cn(C)nc1n2-c1ccc(C(F)(F)F)cc1. The molecule has 0 aliphatic carbocycles. The lowest BCUT2D eigenvalue weighted by Gasteiger charge is -2.10. The molecule has 2 heterocycles. The van der Waals surface area contributed by atoms with Crippen LogP contribution >= 0.6 is 0 Å². The molecule has 0 spiro atoms. The lowest BCUT2D eigenvalue weighted by Crippen LogP contribution is -2.18. The fraction of sp³-hybridized carbons (Fsp3) is 0.167. The van der Waals surface area contributed by atoms with E-state index in [1.807, 2.05) is 0 Å². The van der Waals surface area contributed by atoms with E-state index in [1.165, 1.54) is 31.3 Å². The van der Waals surface area contributed by atoms with Gasteiger partial charge in [0.05, 0.1) is 16.0 Å². The zero-order chi connectivity index (χ0) is 20.3. The summed E-state index contributed by atoms with van der Waals surface area (Å²) in [5.74, 6) is 0. The third-order valence-electron chi connectivity index (χ3n) is 4.55. The van der Waals surface area contributed by atoms with Crippen LogP contribution in [0.4, 0.5) is 13.2 Å². The molecular weight excluding hydrogens is 393 g/mol. The lowest BCUT2D eigenvalue weighted by molar-refractivity contribution is -0.137. The van der Waals surface area contributed by atoms with Gasteiger partial charge in [0.2, 0.25) is 10.0 Å². The number of hydrogen-bond donors (Lipinski definition) is 1. The second-order valence-corrected chi connectivity index (χ2v) is 8.19. The number of benzene rings is 2. The van der Waals surface area contributed by atoms with Crippen LogP contribution in [0.5, 0.6) is 0 Å². The molecule has 28 heavy (non-hydrogen) atoms. The molecule has 0 atom stereocenters. The summed E-state index contributed by atoms with van der Waals surface area (Å²) in [6.45, 7) is 0. The Kier molecular flexibility index (Phi) is 4.02. The van der Waals surface area contributed by atoms with Crippen LogP contribution in [0.1, 0.15) is 5.56 Å². The lowest BCUT2D eigenvalue weighted by atomic mass is 10.2. The Hall–Kier alpha value is -2.85. The Labute approximate surface area is 158 Å². The van der Waals surface area contributed by atoms with Crippen molar-refractivity contribution in [3.05, 3.63) is 54.2 Å². The summed E-state index contributed by atoms with van der Waals surface area (Å²) in [7, 11) is -0.595. The molecular formula is C18H15F3N4O2S. The third-order valence-corrected chi connectivity index (χ3v) is 5.96. The first-order valence-electron chi connectivity index (χ1n) is 8.21. The molecule has 6 nitrogen and oxygen atoms in total. The van der Waals surface area contributed by atoms with Gasteiger partial charge in [-0.25, -0.2) is 13.1 Å². The van der Waals surface area contributed by atoms with Gasteiger partial charge in [0.15, 0.2) is 5.65 Å². The van der Waals surface area contributed by atoms with E-state index < -0.39 is 21.8 Å². The Morgan fingerprint density at radius 2 is 1.71 bits per heavy atom. The minimum Gasteiger partial charge on any atom is -0.292 e. The van der Waals surface area contributed by atoms with Gasteiger partial charge < -0.3 is 0 Å². The number of aromatic nitrogens is 3. The highest BCUT2D eigenvalue weighted by Crippen LogP contribution is 2.34. The predicted molar refractivity (Wildman–Crippen MR) is 98.8 cm³/mol. The van der Waals surface area contributed by atoms with Gasteiger partial charge in [-0.1, -0.05) is 0 Å². The van der Waals surface area contributed by atoms with Gasteiger partial charge >= 0.3 is 6.18 Å². The van der Waals surface area contributed by atoms with Crippen LogP contribution in [0.2, 0.25) is 0 Å². The van der Waals surface area contributed by atoms with Crippen LogP contribution in [0.15, 0.2) is 53.6 Å². The van der Waals surface area contributed by atoms with Gasteiger partial charge in [-0.15, -0.1) is 0 Å². The summed E-state index contributed by atoms with van der Waals surface area (Å²) in [4.78, 5) is 0.0952. The van der Waals surface area contributed by atoms with Crippen molar-refractivity contribution < 1.29 is 21.6 Å². The number of halogens is 3. The number of aryl methyl sites for hydroxylation is 1. The van der Waals surface area contributed by atoms with Crippen LogP contribution < -0.4 is 4.72 Å². The van der Waals surface area contributed by atoms with Crippen LogP contribution in [-0.4, -0.2) is 29.8 Å². The van der Waals surface area contributed by atoms with Crippen molar-refractivity contribution in [1.29, 1.82) is 0 Å². The van der Waals surface area contributed by atoms with E-state index in [0.29, 0.717) is 27.6 Å². The second-order valence-electron chi connectivity index (χ2n) is 6.31. The highest BCUT2D eigenvalue weighted by atomic mass is 32.2. The van der Waals surface area contributed by atoms with E-state index in [9.17, 15) is 21.6 Å². The average Bonchev–Trinajstić information content (AvgIpc) is 3.15. The number of hydrogen-bond acceptors (Lipinski definition) is 3. The average molecular weight is 408 g/mol. The smallest absolute Gasteiger partial charge is 0.292 e. The van der Waals surface area contributed by atoms with E-state index in [1.54, 1.807) is 28.6 Å². The van der Waals surface area contributed by atoms with Gasteiger partial charge in [0.25, 0.3) is 0 Å². The first-order chi connectivity index (χ1) is 13.1. The summed E-state index contributed by atoms with van der Waals surface area (Å²) < 4.78 is 68.5. The van der Waals surface area contributed by atoms with Crippen LogP contribution in [0.25, 0.3) is 27.6 Å². The minimum absolute atomic E-state index is 0.0952. The van der Waals surface area contributed by atoms with Crippen molar-refractivity contribution in [1.82, 2.24) is 19.1 Å². The molecule has 0 aliphatic heterocycles. The molecule has 1 N–H and O–H groups in total. The number of nitrogens with zero attached hydrogens (tertiary/aromatic N) is 3. The van der Waals surface area contributed by atoms with Crippen molar-refractivity contribution in [2.45, 2.75) is 11.1 Å². The maximum Gasteiger partial charge on any atom is 0.416 e. The number of alkyl halides is 3. The highest BCUT2D eigenvalue weighted by molar-refractivity contribution is 7.89. The summed E-state index contributed by atoms with van der Waals surface area (Å²) in [6.07, 6.45) is -2.68. The monoisotopic (exact) mass is 408 g/mol. The van der Waals surface area contributed by atoms with Crippen LogP contribution in [-0.2, 0) is 23.2 Å². The van der Waals surface area contributed by atoms with Gasteiger partial charge in [-0.2, -0.15) is 18.3 Å². The van der Waals surface area contributed by atoms with E-state index in [4.69, 9.17) is 0 Å². The number of sulfonamides is 1. The van der Waals surface area contributed by atoms with Gasteiger partial charge in [0.1, 0.15) is 0 Å². The molecule has 10 heteroatoms. The number of nitrogens with one attached hydrogen (secondary N) is 1. The van der Waals surface area contributed by atoms with Crippen molar-refractivity contribution >= 4 is 32.0 Å². The third kappa shape index (κ3) is 2.85. The van der Waals surface area contributed by atoms with Gasteiger partial charge in [-0.05, 0) is 49.5 Å². The maximum absolute atomic E-state index is 12.9. The van der Waals surface area contributed by atoms with Crippen molar-refractivity contribution in [2.24, 2.45) is 7.05 Å². The molecule has 0 radical (unpaired) electrons. The molecule has 4 rings (SSSR count). The molecule has 0 amide bonds. The van der Waals surface area contributed by atoms with E-state index in [0.717, 1.165) is 12.1 Å². The van der Waals surface area contributed by atoms with Gasteiger partial charge in [0, 0.05) is 29.7 Å². The molecule has 4 aromatic rings. The van der Waals surface area contributed by atoms with Gasteiger partial charge in [-0.3, -0.25) is 9.25 Å². The molecule has 146 valence electrons. The van der Waals surface area contributed by atoms with Crippen molar-refractivity contribution in [3.8, 4) is 5.69 Å². The van der Waals surface area contributed by atoms with Crippen molar-refractivity contribution in [2.75, 3.05) is 7.05 Å². The molecule has 0 saturated heterocycles. The van der Waals surface area contributed by atoms with Crippen LogP contribution in [0, 0.1) is 0 Å². The largest absolute Gasteiger partial charge is 0.416 e. The van der Waals surface area contributed by atoms with Crippen LogP contribution in [0.3, 0.4) is 0 Å². The molecule has 0 aliphatic rings. The molecule has 2 aromatic heterocycles. The Morgan fingerprint density at radius 3 is 2.32 bits per heavy atom. The molecule has 0 saturated carbocycles. The summed E-state index contributed by atoms with van der Waals surface area (Å²) in [5, 5.41) is 5.74. The van der Waals surface area contributed by atoms with E-state index >= 15 is 0 Å². The summed E-state index contributed by atoms with van der Waals surface area (Å²) in [6, 6.07) is 9.37. The highest BCUT2D eigenvalue weighted by Gasteiger charge is 2.30. The fourth-order valence-corrected chi connectivity index (χ4v) is 3.97. The zero-order valence-corrected chi connectivity index (χ0v) is 15.6.